The first-order valence-electron chi connectivity index (χ1n) is 5.42. The van der Waals surface area contributed by atoms with Gasteiger partial charge in [0.05, 0.1) is 11.3 Å². The molecule has 1 atom stereocenters. The van der Waals surface area contributed by atoms with Gasteiger partial charge in [-0.2, -0.15) is 13.2 Å². The van der Waals surface area contributed by atoms with E-state index < -0.39 is 23.6 Å². The van der Waals surface area contributed by atoms with E-state index in [1.807, 2.05) is 0 Å². The van der Waals surface area contributed by atoms with Gasteiger partial charge in [-0.1, -0.05) is 15.9 Å². The van der Waals surface area contributed by atoms with E-state index in [4.69, 9.17) is 0 Å². The van der Waals surface area contributed by atoms with Crippen molar-refractivity contribution >= 4 is 21.6 Å². The molecule has 0 aliphatic rings. The number of halogens is 4. The third-order valence-corrected chi connectivity index (χ3v) is 2.92. The Bertz CT molecular complexity index is 466. The minimum atomic E-state index is -4.25. The molecular weight excluding hydrogens is 329 g/mol. The highest BCUT2D eigenvalue weighted by atomic mass is 79.9. The van der Waals surface area contributed by atoms with E-state index in [-0.39, 0.29) is 12.2 Å². The van der Waals surface area contributed by atoms with Crippen molar-refractivity contribution in [2.75, 3.05) is 0 Å². The zero-order valence-electron chi connectivity index (χ0n) is 10.00. The molecule has 0 radical (unpaired) electrons. The zero-order valence-corrected chi connectivity index (χ0v) is 11.6. The van der Waals surface area contributed by atoms with Gasteiger partial charge in [-0.15, -0.1) is 0 Å². The summed E-state index contributed by atoms with van der Waals surface area (Å²) in [5.41, 5.74) is 0.225. The molecule has 8 heteroatoms. The van der Waals surface area contributed by atoms with Crippen LogP contribution in [-0.2, 0) is 6.54 Å². The Kier molecular flexibility index (Phi) is 5.30. The molecule has 0 amide bonds. The fraction of sp³-hybridized carbons (Fsp3) is 0.455. The molecule has 1 rings (SSSR count). The molecule has 0 spiro atoms. The summed E-state index contributed by atoms with van der Waals surface area (Å²) in [6, 6.07) is 3.64. The highest BCUT2D eigenvalue weighted by molar-refractivity contribution is 9.10. The quantitative estimate of drug-likeness (QED) is 0.655. The van der Waals surface area contributed by atoms with Crippen molar-refractivity contribution in [1.82, 2.24) is 5.32 Å². The Labute approximate surface area is 116 Å². The molecule has 4 nitrogen and oxygen atoms in total. The number of nitrogens with one attached hydrogen (secondary N) is 1. The van der Waals surface area contributed by atoms with Gasteiger partial charge < -0.3 is 5.32 Å². The summed E-state index contributed by atoms with van der Waals surface area (Å²) in [6.45, 7) is 1.40. The Balaban J connectivity index is 2.70. The molecule has 19 heavy (non-hydrogen) atoms. The maximum atomic E-state index is 12.1. The van der Waals surface area contributed by atoms with Gasteiger partial charge in [0.25, 0.3) is 5.69 Å². The van der Waals surface area contributed by atoms with Gasteiger partial charge in [0.15, 0.2) is 0 Å². The van der Waals surface area contributed by atoms with Gasteiger partial charge in [0.1, 0.15) is 0 Å². The van der Waals surface area contributed by atoms with Crippen molar-refractivity contribution in [3.05, 3.63) is 38.3 Å². The number of hydrogen-bond acceptors (Lipinski definition) is 3. The first-order chi connectivity index (χ1) is 8.69. The van der Waals surface area contributed by atoms with Crippen molar-refractivity contribution in [1.29, 1.82) is 0 Å². The maximum Gasteiger partial charge on any atom is 0.390 e. The molecule has 106 valence electrons. The highest BCUT2D eigenvalue weighted by Crippen LogP contribution is 2.25. The number of alkyl halides is 3. The second-order valence-electron chi connectivity index (χ2n) is 4.13. The Morgan fingerprint density at radius 2 is 2.11 bits per heavy atom. The first-order valence-corrected chi connectivity index (χ1v) is 6.21. The van der Waals surface area contributed by atoms with Crippen LogP contribution in [0.25, 0.3) is 0 Å². The third kappa shape index (κ3) is 5.56. The molecule has 0 aliphatic heterocycles. The van der Waals surface area contributed by atoms with Crippen molar-refractivity contribution < 1.29 is 18.1 Å². The van der Waals surface area contributed by atoms with E-state index in [2.05, 4.69) is 21.2 Å². The lowest BCUT2D eigenvalue weighted by atomic mass is 10.1. The minimum Gasteiger partial charge on any atom is -0.310 e. The second-order valence-corrected chi connectivity index (χ2v) is 5.05. The van der Waals surface area contributed by atoms with Crippen LogP contribution in [0.2, 0.25) is 0 Å². The molecular formula is C11H12BrF3N2O2. The summed E-state index contributed by atoms with van der Waals surface area (Å²) >= 11 is 3.11. The summed E-state index contributed by atoms with van der Waals surface area (Å²) in [6.07, 6.45) is -5.23. The molecule has 0 bridgehead atoms. The van der Waals surface area contributed by atoms with Crippen molar-refractivity contribution in [2.45, 2.75) is 32.1 Å². The average molecular weight is 341 g/mol. The van der Waals surface area contributed by atoms with E-state index in [0.29, 0.717) is 10.0 Å². The van der Waals surface area contributed by atoms with Gasteiger partial charge in [0.2, 0.25) is 0 Å². The molecule has 0 fully saturated rings. The van der Waals surface area contributed by atoms with Crippen molar-refractivity contribution in [3.8, 4) is 0 Å². The van der Waals surface area contributed by atoms with Crippen molar-refractivity contribution in [3.63, 3.8) is 0 Å². The summed E-state index contributed by atoms with van der Waals surface area (Å²) in [4.78, 5) is 10.3. The summed E-state index contributed by atoms with van der Waals surface area (Å²) in [5, 5.41) is 13.5. The first kappa shape index (κ1) is 15.9. The molecule has 1 aromatic rings. The van der Waals surface area contributed by atoms with E-state index in [0.717, 1.165) is 0 Å². The van der Waals surface area contributed by atoms with Gasteiger partial charge in [-0.25, -0.2) is 0 Å². The van der Waals surface area contributed by atoms with Gasteiger partial charge in [0, 0.05) is 28.7 Å². The van der Waals surface area contributed by atoms with Crippen LogP contribution in [0.4, 0.5) is 18.9 Å². The van der Waals surface area contributed by atoms with Gasteiger partial charge in [-0.3, -0.25) is 10.1 Å². The molecule has 0 aliphatic carbocycles. The van der Waals surface area contributed by atoms with Crippen LogP contribution in [-0.4, -0.2) is 17.1 Å². The average Bonchev–Trinajstić information content (AvgIpc) is 2.24. The molecule has 0 saturated heterocycles. The van der Waals surface area contributed by atoms with Gasteiger partial charge >= 0.3 is 6.18 Å². The molecule has 0 heterocycles. The zero-order chi connectivity index (χ0) is 14.6. The van der Waals surface area contributed by atoms with Crippen LogP contribution in [0.1, 0.15) is 18.9 Å². The predicted molar refractivity (Wildman–Crippen MR) is 67.8 cm³/mol. The summed E-state index contributed by atoms with van der Waals surface area (Å²) in [7, 11) is 0. The van der Waals surface area contributed by atoms with Crippen LogP contribution in [0.3, 0.4) is 0 Å². The van der Waals surface area contributed by atoms with E-state index in [9.17, 15) is 23.3 Å². The maximum absolute atomic E-state index is 12.1. The summed E-state index contributed by atoms with van der Waals surface area (Å²) < 4.78 is 37.0. The number of nitro benzene ring substituents is 1. The van der Waals surface area contributed by atoms with Crippen molar-refractivity contribution in [2.24, 2.45) is 0 Å². The van der Waals surface area contributed by atoms with E-state index >= 15 is 0 Å². The summed E-state index contributed by atoms with van der Waals surface area (Å²) in [5.74, 6) is 0. The Morgan fingerprint density at radius 1 is 1.47 bits per heavy atom. The lowest BCUT2D eigenvalue weighted by Crippen LogP contribution is -2.30. The van der Waals surface area contributed by atoms with Gasteiger partial charge in [-0.05, 0) is 19.1 Å². The SMILES string of the molecule is CC(CC(F)(F)F)NCc1ccc(Br)cc1[N+](=O)[O-]. The Morgan fingerprint density at radius 3 is 2.63 bits per heavy atom. The minimum absolute atomic E-state index is 0.0147. The monoisotopic (exact) mass is 340 g/mol. The van der Waals surface area contributed by atoms with E-state index in [1.54, 1.807) is 6.07 Å². The Hall–Kier alpha value is -1.15. The van der Waals surface area contributed by atoms with Crippen LogP contribution in [0.15, 0.2) is 22.7 Å². The number of benzene rings is 1. The van der Waals surface area contributed by atoms with Crippen LogP contribution in [0.5, 0.6) is 0 Å². The highest BCUT2D eigenvalue weighted by Gasteiger charge is 2.29. The second kappa shape index (κ2) is 6.33. The molecule has 1 aromatic carbocycles. The number of rotatable bonds is 5. The lowest BCUT2D eigenvalue weighted by molar-refractivity contribution is -0.385. The van der Waals surface area contributed by atoms with E-state index in [1.165, 1.54) is 19.1 Å². The number of nitro groups is 1. The fourth-order valence-electron chi connectivity index (χ4n) is 1.56. The smallest absolute Gasteiger partial charge is 0.310 e. The van der Waals surface area contributed by atoms with Crippen LogP contribution in [0, 0.1) is 10.1 Å². The van der Waals surface area contributed by atoms with Crippen LogP contribution < -0.4 is 5.32 Å². The lowest BCUT2D eigenvalue weighted by Gasteiger charge is -2.15. The normalized spacial score (nSPS) is 13.3. The molecule has 1 unspecified atom stereocenters. The molecule has 0 aromatic heterocycles. The molecule has 0 saturated carbocycles. The standard InChI is InChI=1S/C11H12BrF3N2O2/c1-7(5-11(13,14)15)16-6-8-2-3-9(12)4-10(8)17(18)19/h2-4,7,16H,5-6H2,1H3. The molecule has 1 N–H and O–H groups in total. The predicted octanol–water partition coefficient (Wildman–Crippen LogP) is 3.79. The number of hydrogen-bond donors (Lipinski definition) is 1. The largest absolute Gasteiger partial charge is 0.390 e. The fourth-order valence-corrected chi connectivity index (χ4v) is 1.91. The third-order valence-electron chi connectivity index (χ3n) is 2.42. The number of nitrogens with zero attached hydrogens (tertiary/aromatic N) is 1. The topological polar surface area (TPSA) is 55.2 Å². The van der Waals surface area contributed by atoms with Crippen LogP contribution >= 0.6 is 15.9 Å².